The molecule has 21 heavy (non-hydrogen) atoms. The predicted octanol–water partition coefficient (Wildman–Crippen LogP) is 3.16. The Morgan fingerprint density at radius 2 is 1.86 bits per heavy atom. The third-order valence-electron chi connectivity index (χ3n) is 2.91. The van der Waals surface area contributed by atoms with E-state index in [0.717, 1.165) is 11.1 Å². The number of phenols is 2. The molecule has 4 nitrogen and oxygen atoms in total. The van der Waals surface area contributed by atoms with E-state index in [1.807, 2.05) is 31.2 Å². The van der Waals surface area contributed by atoms with Crippen LogP contribution in [0.15, 0.2) is 48.5 Å². The average molecular weight is 284 g/mol. The fourth-order valence-electron chi connectivity index (χ4n) is 1.72. The van der Waals surface area contributed by atoms with Crippen molar-refractivity contribution in [3.63, 3.8) is 0 Å². The Bertz CT molecular complexity index is 657. The van der Waals surface area contributed by atoms with Gasteiger partial charge in [-0.15, -0.1) is 0 Å². The first kappa shape index (κ1) is 14.7. The minimum Gasteiger partial charge on any atom is -0.508 e. The lowest BCUT2D eigenvalue weighted by Gasteiger charge is -2.03. The highest BCUT2D eigenvalue weighted by Crippen LogP contribution is 2.23. The van der Waals surface area contributed by atoms with Gasteiger partial charge in [0.1, 0.15) is 18.1 Å². The summed E-state index contributed by atoms with van der Waals surface area (Å²) in [6.45, 7) is 2.19. The molecule has 0 fully saturated rings. The van der Waals surface area contributed by atoms with E-state index in [9.17, 15) is 9.90 Å². The zero-order valence-corrected chi connectivity index (χ0v) is 11.6. The van der Waals surface area contributed by atoms with Crippen molar-refractivity contribution in [1.82, 2.24) is 0 Å². The zero-order valence-electron chi connectivity index (χ0n) is 11.6. The van der Waals surface area contributed by atoms with Crippen molar-refractivity contribution < 1.29 is 19.7 Å². The highest BCUT2D eigenvalue weighted by atomic mass is 16.5. The molecule has 108 valence electrons. The summed E-state index contributed by atoms with van der Waals surface area (Å²) in [7, 11) is 0. The van der Waals surface area contributed by atoms with Crippen molar-refractivity contribution in [2.45, 2.75) is 13.5 Å². The topological polar surface area (TPSA) is 66.8 Å². The van der Waals surface area contributed by atoms with Crippen molar-refractivity contribution in [2.24, 2.45) is 0 Å². The Hall–Kier alpha value is -2.75. The standard InChI is InChI=1S/C17H16O4/c1-12-2-4-13(5-3-12)11-21-17(20)9-7-14-6-8-15(18)10-16(14)19/h2-10,18-19H,11H2,1H3/b9-7+. The van der Waals surface area contributed by atoms with Crippen LogP contribution in [-0.4, -0.2) is 16.2 Å². The van der Waals surface area contributed by atoms with Gasteiger partial charge in [0.2, 0.25) is 0 Å². The first-order valence-electron chi connectivity index (χ1n) is 6.47. The van der Waals surface area contributed by atoms with Crippen LogP contribution >= 0.6 is 0 Å². The molecule has 0 bridgehead atoms. The lowest BCUT2D eigenvalue weighted by atomic mass is 10.1. The number of phenolic OH excluding ortho intramolecular Hbond substituents is 2. The Labute approximate surface area is 122 Å². The summed E-state index contributed by atoms with van der Waals surface area (Å²) in [5.41, 5.74) is 2.49. The summed E-state index contributed by atoms with van der Waals surface area (Å²) in [5.74, 6) is -0.632. The summed E-state index contributed by atoms with van der Waals surface area (Å²) in [4.78, 5) is 11.6. The maximum atomic E-state index is 11.6. The molecule has 0 amide bonds. The fraction of sp³-hybridized carbons (Fsp3) is 0.118. The van der Waals surface area contributed by atoms with E-state index in [0.29, 0.717) is 5.56 Å². The molecule has 0 aromatic heterocycles. The molecule has 0 atom stereocenters. The maximum absolute atomic E-state index is 11.6. The third kappa shape index (κ3) is 4.38. The third-order valence-corrected chi connectivity index (χ3v) is 2.91. The van der Waals surface area contributed by atoms with Crippen LogP contribution in [0.2, 0.25) is 0 Å². The number of ether oxygens (including phenoxy) is 1. The van der Waals surface area contributed by atoms with Gasteiger partial charge in [-0.1, -0.05) is 29.8 Å². The van der Waals surface area contributed by atoms with Gasteiger partial charge in [0.15, 0.2) is 0 Å². The summed E-state index contributed by atoms with van der Waals surface area (Å²) in [6, 6.07) is 11.8. The van der Waals surface area contributed by atoms with E-state index in [-0.39, 0.29) is 18.1 Å². The molecule has 2 rings (SSSR count). The summed E-state index contributed by atoms with van der Waals surface area (Å²) in [6.07, 6.45) is 2.67. The van der Waals surface area contributed by atoms with Gasteiger partial charge in [0.05, 0.1) is 0 Å². The first-order valence-corrected chi connectivity index (χ1v) is 6.47. The lowest BCUT2D eigenvalue weighted by molar-refractivity contribution is -0.138. The Balaban J connectivity index is 1.92. The molecule has 2 aromatic carbocycles. The fourth-order valence-corrected chi connectivity index (χ4v) is 1.72. The van der Waals surface area contributed by atoms with Gasteiger partial charge in [-0.2, -0.15) is 0 Å². The quantitative estimate of drug-likeness (QED) is 0.668. The number of aromatic hydroxyl groups is 2. The first-order chi connectivity index (χ1) is 10.0. The van der Waals surface area contributed by atoms with Crippen molar-refractivity contribution in [3.05, 3.63) is 65.2 Å². The van der Waals surface area contributed by atoms with Crippen LogP contribution in [0.4, 0.5) is 0 Å². The molecule has 0 radical (unpaired) electrons. The number of carbonyl (C=O) groups excluding carboxylic acids is 1. The normalized spacial score (nSPS) is 10.7. The van der Waals surface area contributed by atoms with E-state index in [1.165, 1.54) is 30.4 Å². The smallest absolute Gasteiger partial charge is 0.331 e. The van der Waals surface area contributed by atoms with Gasteiger partial charge in [-0.3, -0.25) is 0 Å². The molecular weight excluding hydrogens is 268 g/mol. The average Bonchev–Trinajstić information content (AvgIpc) is 2.46. The number of carbonyl (C=O) groups is 1. The SMILES string of the molecule is Cc1ccc(COC(=O)/C=C/c2ccc(O)cc2O)cc1. The number of hydrogen-bond acceptors (Lipinski definition) is 4. The Morgan fingerprint density at radius 1 is 1.14 bits per heavy atom. The van der Waals surface area contributed by atoms with Crippen molar-refractivity contribution >= 4 is 12.0 Å². The molecule has 0 unspecified atom stereocenters. The highest BCUT2D eigenvalue weighted by Gasteiger charge is 2.02. The molecule has 0 saturated heterocycles. The monoisotopic (exact) mass is 284 g/mol. The molecule has 0 heterocycles. The maximum Gasteiger partial charge on any atom is 0.331 e. The Kier molecular flexibility index (Phi) is 4.61. The van der Waals surface area contributed by atoms with Crippen LogP contribution in [0.5, 0.6) is 11.5 Å². The van der Waals surface area contributed by atoms with Crippen molar-refractivity contribution in [2.75, 3.05) is 0 Å². The van der Waals surface area contributed by atoms with Crippen molar-refractivity contribution in [1.29, 1.82) is 0 Å². The molecular formula is C17H16O4. The number of aryl methyl sites for hydroxylation is 1. The van der Waals surface area contributed by atoms with Gasteiger partial charge in [-0.05, 0) is 30.7 Å². The molecule has 0 spiro atoms. The molecule has 0 aliphatic heterocycles. The van der Waals surface area contributed by atoms with Crippen LogP contribution in [0.3, 0.4) is 0 Å². The number of rotatable bonds is 4. The van der Waals surface area contributed by atoms with E-state index >= 15 is 0 Å². The summed E-state index contributed by atoms with van der Waals surface area (Å²) in [5, 5.41) is 18.7. The molecule has 2 N–H and O–H groups in total. The van der Waals surface area contributed by atoms with Crippen LogP contribution in [-0.2, 0) is 16.1 Å². The summed E-state index contributed by atoms with van der Waals surface area (Å²) >= 11 is 0. The van der Waals surface area contributed by atoms with Crippen LogP contribution in [0, 0.1) is 6.92 Å². The van der Waals surface area contributed by atoms with Crippen LogP contribution in [0.25, 0.3) is 6.08 Å². The molecule has 4 heteroatoms. The lowest BCUT2D eigenvalue weighted by Crippen LogP contribution is -2.00. The van der Waals surface area contributed by atoms with Gasteiger partial charge in [-0.25, -0.2) is 4.79 Å². The number of esters is 1. The van der Waals surface area contributed by atoms with Crippen LogP contribution < -0.4 is 0 Å². The summed E-state index contributed by atoms with van der Waals surface area (Å²) < 4.78 is 5.10. The van der Waals surface area contributed by atoms with E-state index in [2.05, 4.69) is 0 Å². The molecule has 2 aromatic rings. The van der Waals surface area contributed by atoms with E-state index in [1.54, 1.807) is 0 Å². The minimum atomic E-state index is -0.497. The second-order valence-electron chi connectivity index (χ2n) is 4.67. The Morgan fingerprint density at radius 3 is 2.52 bits per heavy atom. The van der Waals surface area contributed by atoms with E-state index < -0.39 is 5.97 Å². The van der Waals surface area contributed by atoms with Gasteiger partial charge in [0, 0.05) is 17.7 Å². The molecule has 0 aliphatic rings. The number of hydrogen-bond donors (Lipinski definition) is 2. The van der Waals surface area contributed by atoms with Crippen molar-refractivity contribution in [3.8, 4) is 11.5 Å². The molecule has 0 aliphatic carbocycles. The second kappa shape index (κ2) is 6.61. The van der Waals surface area contributed by atoms with Gasteiger partial charge in [0.25, 0.3) is 0 Å². The zero-order chi connectivity index (χ0) is 15.2. The second-order valence-corrected chi connectivity index (χ2v) is 4.67. The number of benzene rings is 2. The minimum absolute atomic E-state index is 0.0356. The van der Waals surface area contributed by atoms with Crippen LogP contribution in [0.1, 0.15) is 16.7 Å². The van der Waals surface area contributed by atoms with Gasteiger partial charge < -0.3 is 14.9 Å². The van der Waals surface area contributed by atoms with Gasteiger partial charge >= 0.3 is 5.97 Å². The van der Waals surface area contributed by atoms with E-state index in [4.69, 9.17) is 9.84 Å². The molecule has 0 saturated carbocycles. The highest BCUT2D eigenvalue weighted by molar-refractivity contribution is 5.87. The largest absolute Gasteiger partial charge is 0.508 e. The predicted molar refractivity (Wildman–Crippen MR) is 79.8 cm³/mol.